The van der Waals surface area contributed by atoms with Gasteiger partial charge < -0.3 is 5.32 Å². The molecule has 2 heterocycles. The van der Waals surface area contributed by atoms with Crippen LogP contribution in [0.2, 0.25) is 0 Å². The standard InChI is InChI=1S/C23H29N5O2S/c1-3-4-5-16-6-8-18(9-7-16)21(30)25-22-26-23-28(27-22)20(14-31-23)17-10-12-19(13-11-17)24-15(2)29/h10-14,16,18H,3-9H2,1-2H3,(H,24,29)(H,25,27,30). The van der Waals surface area contributed by atoms with E-state index in [1.807, 2.05) is 29.6 Å². The third kappa shape index (κ3) is 5.12. The van der Waals surface area contributed by atoms with E-state index < -0.39 is 0 Å². The molecule has 8 heteroatoms. The number of nitrogens with zero attached hydrogens (tertiary/aromatic N) is 3. The molecule has 7 nitrogen and oxygen atoms in total. The molecule has 0 spiro atoms. The first-order valence-corrected chi connectivity index (χ1v) is 11.9. The van der Waals surface area contributed by atoms with Gasteiger partial charge in [-0.05, 0) is 43.7 Å². The lowest BCUT2D eigenvalue weighted by atomic mass is 9.79. The molecule has 1 fully saturated rings. The molecule has 2 amide bonds. The van der Waals surface area contributed by atoms with Gasteiger partial charge >= 0.3 is 0 Å². The lowest BCUT2D eigenvalue weighted by Crippen LogP contribution is -2.27. The van der Waals surface area contributed by atoms with E-state index in [9.17, 15) is 9.59 Å². The van der Waals surface area contributed by atoms with Crippen molar-refractivity contribution < 1.29 is 9.59 Å². The minimum Gasteiger partial charge on any atom is -0.326 e. The quantitative estimate of drug-likeness (QED) is 0.519. The molecule has 1 aliphatic carbocycles. The normalized spacial score (nSPS) is 18.8. The molecule has 0 saturated heterocycles. The van der Waals surface area contributed by atoms with Crippen molar-refractivity contribution in [1.29, 1.82) is 0 Å². The van der Waals surface area contributed by atoms with E-state index in [0.29, 0.717) is 5.95 Å². The second kappa shape index (κ2) is 9.60. The van der Waals surface area contributed by atoms with Crippen molar-refractivity contribution in [3.05, 3.63) is 29.6 Å². The average Bonchev–Trinajstić information content (AvgIpc) is 3.33. The highest BCUT2D eigenvalue weighted by molar-refractivity contribution is 7.15. The fourth-order valence-corrected chi connectivity index (χ4v) is 5.11. The van der Waals surface area contributed by atoms with E-state index in [4.69, 9.17) is 0 Å². The van der Waals surface area contributed by atoms with Crippen LogP contribution in [-0.2, 0) is 9.59 Å². The maximum atomic E-state index is 12.7. The van der Waals surface area contributed by atoms with Gasteiger partial charge in [0.15, 0.2) is 0 Å². The van der Waals surface area contributed by atoms with Crippen LogP contribution in [0.25, 0.3) is 16.2 Å². The molecule has 0 bridgehead atoms. The fraction of sp³-hybridized carbons (Fsp3) is 0.478. The Morgan fingerprint density at radius 3 is 2.55 bits per heavy atom. The van der Waals surface area contributed by atoms with Crippen molar-refractivity contribution in [3.63, 3.8) is 0 Å². The molecule has 1 saturated carbocycles. The number of benzene rings is 1. The summed E-state index contributed by atoms with van der Waals surface area (Å²) in [4.78, 5) is 29.2. The number of hydrogen-bond acceptors (Lipinski definition) is 5. The largest absolute Gasteiger partial charge is 0.326 e. The van der Waals surface area contributed by atoms with Crippen molar-refractivity contribution in [1.82, 2.24) is 14.6 Å². The molecular weight excluding hydrogens is 410 g/mol. The van der Waals surface area contributed by atoms with E-state index in [1.54, 1.807) is 4.52 Å². The predicted octanol–water partition coefficient (Wildman–Crippen LogP) is 5.35. The van der Waals surface area contributed by atoms with Crippen LogP contribution < -0.4 is 10.6 Å². The molecule has 0 aliphatic heterocycles. The molecule has 0 atom stereocenters. The third-order valence-electron chi connectivity index (χ3n) is 6.00. The Balaban J connectivity index is 1.41. The number of fused-ring (bicyclic) bond motifs is 1. The molecule has 0 radical (unpaired) electrons. The lowest BCUT2D eigenvalue weighted by molar-refractivity contribution is -0.121. The molecule has 1 aromatic carbocycles. The number of carbonyl (C=O) groups excluding carboxylic acids is 2. The summed E-state index contributed by atoms with van der Waals surface area (Å²) in [5, 5.41) is 12.2. The fourth-order valence-electron chi connectivity index (χ4n) is 4.28. The summed E-state index contributed by atoms with van der Waals surface area (Å²) in [7, 11) is 0. The smallest absolute Gasteiger partial charge is 0.250 e. The molecule has 0 unspecified atom stereocenters. The van der Waals surface area contributed by atoms with Gasteiger partial charge in [0.25, 0.3) is 0 Å². The molecule has 1 aliphatic rings. The second-order valence-electron chi connectivity index (χ2n) is 8.36. The van der Waals surface area contributed by atoms with Crippen LogP contribution in [-0.4, -0.2) is 26.4 Å². The first kappa shape index (κ1) is 21.5. The number of anilines is 2. The number of nitrogens with one attached hydrogen (secondary N) is 2. The van der Waals surface area contributed by atoms with Crippen LogP contribution in [0.4, 0.5) is 11.6 Å². The highest BCUT2D eigenvalue weighted by Gasteiger charge is 2.27. The van der Waals surface area contributed by atoms with Gasteiger partial charge in [-0.1, -0.05) is 38.3 Å². The first-order chi connectivity index (χ1) is 15.0. The van der Waals surface area contributed by atoms with Crippen LogP contribution in [0.3, 0.4) is 0 Å². The monoisotopic (exact) mass is 439 g/mol. The predicted molar refractivity (Wildman–Crippen MR) is 124 cm³/mol. The minimum atomic E-state index is -0.100. The van der Waals surface area contributed by atoms with Crippen LogP contribution in [0.1, 0.15) is 58.8 Å². The van der Waals surface area contributed by atoms with E-state index >= 15 is 0 Å². The van der Waals surface area contributed by atoms with Gasteiger partial charge in [0.2, 0.25) is 22.7 Å². The van der Waals surface area contributed by atoms with E-state index in [1.165, 1.54) is 37.5 Å². The SMILES string of the molecule is CCCCC1CCC(C(=O)Nc2nc3scc(-c4ccc(NC(C)=O)cc4)n3n2)CC1. The summed E-state index contributed by atoms with van der Waals surface area (Å²) in [5.41, 5.74) is 2.62. The maximum Gasteiger partial charge on any atom is 0.250 e. The van der Waals surface area contributed by atoms with E-state index in [-0.39, 0.29) is 17.7 Å². The highest BCUT2D eigenvalue weighted by Crippen LogP contribution is 2.33. The van der Waals surface area contributed by atoms with Crippen LogP contribution in [0.15, 0.2) is 29.6 Å². The number of aromatic nitrogens is 3. The zero-order valence-corrected chi connectivity index (χ0v) is 18.9. The number of hydrogen-bond donors (Lipinski definition) is 2. The lowest BCUT2D eigenvalue weighted by Gasteiger charge is -2.27. The van der Waals surface area contributed by atoms with E-state index in [0.717, 1.165) is 53.5 Å². The molecule has 2 aromatic heterocycles. The Morgan fingerprint density at radius 1 is 1.13 bits per heavy atom. The molecule has 2 N–H and O–H groups in total. The molecule has 4 rings (SSSR count). The van der Waals surface area contributed by atoms with Crippen molar-refractivity contribution in [2.24, 2.45) is 11.8 Å². The summed E-state index contributed by atoms with van der Waals surface area (Å²) >= 11 is 1.48. The summed E-state index contributed by atoms with van der Waals surface area (Å²) < 4.78 is 1.76. The van der Waals surface area contributed by atoms with Gasteiger partial charge in [-0.15, -0.1) is 16.4 Å². The number of rotatable bonds is 7. The first-order valence-electron chi connectivity index (χ1n) is 11.1. The Morgan fingerprint density at radius 2 is 1.87 bits per heavy atom. The Kier molecular flexibility index (Phi) is 6.65. The summed E-state index contributed by atoms with van der Waals surface area (Å²) in [6, 6.07) is 7.58. The van der Waals surface area contributed by atoms with Gasteiger partial charge in [-0.3, -0.25) is 14.9 Å². The Labute approximate surface area is 186 Å². The van der Waals surface area contributed by atoms with Crippen molar-refractivity contribution in [3.8, 4) is 11.3 Å². The number of unbranched alkanes of at least 4 members (excludes halogenated alkanes) is 1. The topological polar surface area (TPSA) is 88.4 Å². The van der Waals surface area contributed by atoms with Gasteiger partial charge in [0.1, 0.15) is 0 Å². The summed E-state index contributed by atoms with van der Waals surface area (Å²) in [5.74, 6) is 1.13. The Bertz CT molecular complexity index is 1050. The zero-order chi connectivity index (χ0) is 21.8. The van der Waals surface area contributed by atoms with Crippen LogP contribution >= 0.6 is 11.3 Å². The maximum absolute atomic E-state index is 12.7. The van der Waals surface area contributed by atoms with Gasteiger partial charge in [-0.2, -0.15) is 4.98 Å². The van der Waals surface area contributed by atoms with Crippen LogP contribution in [0.5, 0.6) is 0 Å². The molecule has 164 valence electrons. The number of carbonyl (C=O) groups is 2. The average molecular weight is 440 g/mol. The zero-order valence-electron chi connectivity index (χ0n) is 18.1. The minimum absolute atomic E-state index is 0.0356. The van der Waals surface area contributed by atoms with Crippen LogP contribution in [0, 0.1) is 11.8 Å². The third-order valence-corrected chi connectivity index (χ3v) is 6.82. The second-order valence-corrected chi connectivity index (χ2v) is 9.19. The summed E-state index contributed by atoms with van der Waals surface area (Å²) in [6.07, 6.45) is 8.01. The molecule has 31 heavy (non-hydrogen) atoms. The Hall–Kier alpha value is -2.74. The van der Waals surface area contributed by atoms with Crippen molar-refractivity contribution in [2.75, 3.05) is 10.6 Å². The molecule has 3 aromatic rings. The number of thiazole rings is 1. The van der Waals surface area contributed by atoms with Crippen molar-refractivity contribution >= 4 is 39.7 Å². The highest BCUT2D eigenvalue weighted by atomic mass is 32.1. The molecular formula is C23H29N5O2S. The van der Waals surface area contributed by atoms with Gasteiger partial charge in [0.05, 0.1) is 5.69 Å². The van der Waals surface area contributed by atoms with E-state index in [2.05, 4.69) is 27.6 Å². The van der Waals surface area contributed by atoms with Gasteiger partial charge in [0, 0.05) is 29.5 Å². The number of amides is 2. The van der Waals surface area contributed by atoms with Gasteiger partial charge in [-0.25, -0.2) is 4.52 Å². The summed E-state index contributed by atoms with van der Waals surface area (Å²) in [6.45, 7) is 3.72. The van der Waals surface area contributed by atoms with Crippen molar-refractivity contribution in [2.45, 2.75) is 58.8 Å².